The molecular formula is C15H25ClN2O2S. The highest BCUT2D eigenvalue weighted by atomic mass is 35.5. The van der Waals surface area contributed by atoms with Gasteiger partial charge in [-0.2, -0.15) is 0 Å². The van der Waals surface area contributed by atoms with Crippen molar-refractivity contribution in [1.82, 2.24) is 10.2 Å². The Morgan fingerprint density at radius 3 is 2.76 bits per heavy atom. The summed E-state index contributed by atoms with van der Waals surface area (Å²) in [5.41, 5.74) is 0. The molecular weight excluding hydrogens is 308 g/mol. The molecule has 120 valence electrons. The highest BCUT2D eigenvalue weighted by molar-refractivity contribution is 7.16. The largest absolute Gasteiger partial charge is 0.389 e. The zero-order valence-corrected chi connectivity index (χ0v) is 14.3. The fourth-order valence-electron chi connectivity index (χ4n) is 2.82. The summed E-state index contributed by atoms with van der Waals surface area (Å²) in [5.74, 6) is 0. The molecule has 4 nitrogen and oxygen atoms in total. The van der Waals surface area contributed by atoms with Gasteiger partial charge in [0.05, 0.1) is 17.0 Å². The Hall–Kier alpha value is -0.170. The lowest BCUT2D eigenvalue weighted by Gasteiger charge is -2.34. The number of hydrogen-bond donors (Lipinski definition) is 2. The molecule has 2 heterocycles. The zero-order chi connectivity index (χ0) is 15.2. The Balaban J connectivity index is 1.71. The first-order valence-electron chi connectivity index (χ1n) is 7.49. The SMILES string of the molecule is COCC(O)CN1CCC(NC(C)c2ccc(Cl)s2)CC1. The summed E-state index contributed by atoms with van der Waals surface area (Å²) < 4.78 is 5.82. The molecule has 0 radical (unpaired) electrons. The van der Waals surface area contributed by atoms with Gasteiger partial charge < -0.3 is 20.1 Å². The van der Waals surface area contributed by atoms with E-state index in [0.717, 1.165) is 30.3 Å². The summed E-state index contributed by atoms with van der Waals surface area (Å²) in [6, 6.07) is 4.94. The molecule has 1 aliphatic rings. The van der Waals surface area contributed by atoms with Gasteiger partial charge in [0.1, 0.15) is 0 Å². The lowest BCUT2D eigenvalue weighted by atomic mass is 10.0. The zero-order valence-electron chi connectivity index (χ0n) is 12.7. The van der Waals surface area contributed by atoms with Crippen LogP contribution in [0.2, 0.25) is 4.34 Å². The summed E-state index contributed by atoms with van der Waals surface area (Å²) >= 11 is 7.64. The number of thiophene rings is 1. The predicted octanol–water partition coefficient (Wildman–Crippen LogP) is 2.52. The second-order valence-corrected chi connectivity index (χ2v) is 7.46. The van der Waals surface area contributed by atoms with Crippen LogP contribution in [0.4, 0.5) is 0 Å². The van der Waals surface area contributed by atoms with E-state index in [0.29, 0.717) is 25.2 Å². The third-order valence-corrected chi connectivity index (χ3v) is 5.34. The van der Waals surface area contributed by atoms with Crippen molar-refractivity contribution in [1.29, 1.82) is 0 Å². The summed E-state index contributed by atoms with van der Waals surface area (Å²) in [6.07, 6.45) is 1.85. The molecule has 1 aromatic rings. The van der Waals surface area contributed by atoms with Crippen LogP contribution in [0.3, 0.4) is 0 Å². The molecule has 1 aliphatic heterocycles. The van der Waals surface area contributed by atoms with Gasteiger partial charge in [0, 0.05) is 30.6 Å². The van der Waals surface area contributed by atoms with Crippen LogP contribution in [-0.4, -0.2) is 55.5 Å². The highest BCUT2D eigenvalue weighted by Crippen LogP contribution is 2.27. The molecule has 21 heavy (non-hydrogen) atoms. The van der Waals surface area contributed by atoms with Crippen LogP contribution in [0.15, 0.2) is 12.1 Å². The Bertz CT molecular complexity index is 422. The number of methoxy groups -OCH3 is 1. The van der Waals surface area contributed by atoms with Gasteiger partial charge in [-0.15, -0.1) is 11.3 Å². The van der Waals surface area contributed by atoms with E-state index in [1.807, 2.05) is 6.07 Å². The normalized spacial score (nSPS) is 20.6. The maximum Gasteiger partial charge on any atom is 0.0931 e. The fraction of sp³-hybridized carbons (Fsp3) is 0.733. The van der Waals surface area contributed by atoms with Crippen LogP contribution in [0.1, 0.15) is 30.7 Å². The van der Waals surface area contributed by atoms with Crippen molar-refractivity contribution in [2.45, 2.75) is 38.0 Å². The summed E-state index contributed by atoms with van der Waals surface area (Å²) in [6.45, 7) is 5.36. The minimum absolute atomic E-state index is 0.345. The predicted molar refractivity (Wildman–Crippen MR) is 88.2 cm³/mol. The summed E-state index contributed by atoms with van der Waals surface area (Å²) in [4.78, 5) is 3.60. The molecule has 6 heteroatoms. The number of β-amino-alcohol motifs (C(OH)–C–C–N with tert-alkyl or cyclic N) is 1. The van der Waals surface area contributed by atoms with Crippen LogP contribution >= 0.6 is 22.9 Å². The van der Waals surface area contributed by atoms with Crippen molar-refractivity contribution in [3.8, 4) is 0 Å². The number of piperidine rings is 1. The van der Waals surface area contributed by atoms with Crippen molar-refractivity contribution in [2.24, 2.45) is 0 Å². The molecule has 2 N–H and O–H groups in total. The van der Waals surface area contributed by atoms with Crippen LogP contribution in [0, 0.1) is 0 Å². The maximum absolute atomic E-state index is 9.77. The lowest BCUT2D eigenvalue weighted by molar-refractivity contribution is 0.0308. The topological polar surface area (TPSA) is 44.7 Å². The van der Waals surface area contributed by atoms with E-state index in [-0.39, 0.29) is 6.10 Å². The molecule has 2 unspecified atom stereocenters. The molecule has 0 amide bonds. The van der Waals surface area contributed by atoms with Gasteiger partial charge in [-0.25, -0.2) is 0 Å². The van der Waals surface area contributed by atoms with E-state index in [9.17, 15) is 5.11 Å². The first kappa shape index (κ1) is 17.2. The highest BCUT2D eigenvalue weighted by Gasteiger charge is 2.22. The van der Waals surface area contributed by atoms with Gasteiger partial charge in [-0.1, -0.05) is 11.6 Å². The standard InChI is InChI=1S/C15H25ClN2O2S/c1-11(14-3-4-15(16)21-14)17-12-5-7-18(8-6-12)9-13(19)10-20-2/h3-4,11-13,17,19H,5-10H2,1-2H3. The number of nitrogens with zero attached hydrogens (tertiary/aromatic N) is 1. The quantitative estimate of drug-likeness (QED) is 0.805. The van der Waals surface area contributed by atoms with Crippen molar-refractivity contribution in [3.05, 3.63) is 21.3 Å². The minimum atomic E-state index is -0.383. The smallest absolute Gasteiger partial charge is 0.0931 e. The van der Waals surface area contributed by atoms with Crippen LogP contribution in [0.25, 0.3) is 0 Å². The second-order valence-electron chi connectivity index (χ2n) is 5.71. The van der Waals surface area contributed by atoms with E-state index in [1.54, 1.807) is 18.4 Å². The van der Waals surface area contributed by atoms with E-state index >= 15 is 0 Å². The number of likely N-dealkylation sites (tertiary alicyclic amines) is 1. The van der Waals surface area contributed by atoms with Crippen LogP contribution < -0.4 is 5.32 Å². The molecule has 1 aromatic heterocycles. The van der Waals surface area contributed by atoms with Gasteiger partial charge in [-0.05, 0) is 45.0 Å². The molecule has 0 aliphatic carbocycles. The average molecular weight is 333 g/mol. The van der Waals surface area contributed by atoms with Crippen molar-refractivity contribution >= 4 is 22.9 Å². The molecule has 0 spiro atoms. The third kappa shape index (κ3) is 5.51. The number of nitrogens with one attached hydrogen (secondary N) is 1. The molecule has 0 saturated carbocycles. The lowest BCUT2D eigenvalue weighted by Crippen LogP contribution is -2.45. The van der Waals surface area contributed by atoms with Gasteiger partial charge in [-0.3, -0.25) is 0 Å². The number of hydrogen-bond acceptors (Lipinski definition) is 5. The van der Waals surface area contributed by atoms with Crippen LogP contribution in [-0.2, 0) is 4.74 Å². The van der Waals surface area contributed by atoms with Crippen LogP contribution in [0.5, 0.6) is 0 Å². The molecule has 2 atom stereocenters. The third-order valence-electron chi connectivity index (χ3n) is 3.92. The molecule has 0 aromatic carbocycles. The Kier molecular flexibility index (Phi) is 6.92. The van der Waals surface area contributed by atoms with E-state index in [4.69, 9.17) is 16.3 Å². The molecule has 2 rings (SSSR count). The minimum Gasteiger partial charge on any atom is -0.389 e. The van der Waals surface area contributed by atoms with E-state index < -0.39 is 0 Å². The van der Waals surface area contributed by atoms with Gasteiger partial charge in [0.2, 0.25) is 0 Å². The van der Waals surface area contributed by atoms with Crippen molar-refractivity contribution in [2.75, 3.05) is 33.4 Å². The van der Waals surface area contributed by atoms with E-state index in [1.165, 1.54) is 4.88 Å². The number of aliphatic hydroxyl groups is 1. The van der Waals surface area contributed by atoms with Crippen molar-refractivity contribution < 1.29 is 9.84 Å². The Morgan fingerprint density at radius 2 is 2.19 bits per heavy atom. The maximum atomic E-state index is 9.77. The first-order valence-corrected chi connectivity index (χ1v) is 8.68. The Labute approximate surface area is 136 Å². The average Bonchev–Trinajstić information content (AvgIpc) is 2.88. The molecule has 1 saturated heterocycles. The monoisotopic (exact) mass is 332 g/mol. The summed E-state index contributed by atoms with van der Waals surface area (Å²) in [7, 11) is 1.62. The molecule has 1 fully saturated rings. The van der Waals surface area contributed by atoms with Gasteiger partial charge >= 0.3 is 0 Å². The first-order chi connectivity index (χ1) is 10.1. The fourth-order valence-corrected chi connectivity index (χ4v) is 3.89. The van der Waals surface area contributed by atoms with Gasteiger partial charge in [0.15, 0.2) is 0 Å². The second kappa shape index (κ2) is 8.46. The Morgan fingerprint density at radius 1 is 1.48 bits per heavy atom. The molecule has 0 bridgehead atoms. The van der Waals surface area contributed by atoms with E-state index in [2.05, 4.69) is 23.2 Å². The van der Waals surface area contributed by atoms with Gasteiger partial charge in [0.25, 0.3) is 0 Å². The number of rotatable bonds is 7. The number of halogens is 1. The number of aliphatic hydroxyl groups excluding tert-OH is 1. The summed E-state index contributed by atoms with van der Waals surface area (Å²) in [5, 5.41) is 13.5. The van der Waals surface area contributed by atoms with Crippen molar-refractivity contribution in [3.63, 3.8) is 0 Å². The number of ether oxygens (including phenoxy) is 1.